The first-order chi connectivity index (χ1) is 43.9. The van der Waals surface area contributed by atoms with Gasteiger partial charge in [-0.2, -0.15) is 0 Å². The molecule has 3 aromatic carbocycles. The van der Waals surface area contributed by atoms with E-state index in [9.17, 15) is 43.2 Å². The number of hydrogen-bond donors (Lipinski definition) is 0. The number of benzene rings is 3. The summed E-state index contributed by atoms with van der Waals surface area (Å²) >= 11 is 0. The van der Waals surface area contributed by atoms with Crippen molar-refractivity contribution in [1.82, 2.24) is 56.8 Å². The van der Waals surface area contributed by atoms with Gasteiger partial charge in [-0.15, -0.1) is 0 Å². The van der Waals surface area contributed by atoms with Gasteiger partial charge in [-0.05, 0) is 96.4 Å². The number of fused-ring (bicyclic) bond motifs is 9. The Kier molecular flexibility index (Phi) is 19.1. The Morgan fingerprint density at radius 1 is 0.387 bits per heavy atom. The Morgan fingerprint density at radius 3 is 1.00 bits per heavy atom. The zero-order valence-corrected chi connectivity index (χ0v) is 55.5. The summed E-state index contributed by atoms with van der Waals surface area (Å²) < 4.78 is 26.1. The topological polar surface area (TPSA) is 230 Å². The van der Waals surface area contributed by atoms with Gasteiger partial charge >= 0.3 is 35.3 Å². The summed E-state index contributed by atoms with van der Waals surface area (Å²) in [7, 11) is 0. The van der Waals surface area contributed by atoms with Gasteiger partial charge in [0.2, 0.25) is 0 Å². The number of carbonyl (C=O) groups excluding carboxylic acids is 6. The lowest BCUT2D eigenvalue weighted by Crippen LogP contribution is -2.43. The van der Waals surface area contributed by atoms with Crippen LogP contribution in [0.15, 0.2) is 118 Å². The maximum absolute atomic E-state index is 13.6. The van der Waals surface area contributed by atoms with E-state index in [1.165, 1.54) is 4.57 Å². The maximum Gasteiger partial charge on any atom is 0.410 e. The smallest absolute Gasteiger partial charge is 0.410 e. The molecule has 6 aromatic rings. The molecule has 6 amide bonds. The number of rotatable bonds is 6. The first-order valence-electron chi connectivity index (χ1n) is 32.0. The van der Waals surface area contributed by atoms with Crippen LogP contribution in [0, 0.1) is 11.8 Å². The van der Waals surface area contributed by atoms with Gasteiger partial charge in [-0.25, -0.2) is 28.8 Å². The van der Waals surface area contributed by atoms with Crippen LogP contribution in [0.1, 0.15) is 141 Å². The molecule has 2 unspecified atom stereocenters. The van der Waals surface area contributed by atoms with Crippen molar-refractivity contribution in [2.75, 3.05) is 39.3 Å². The van der Waals surface area contributed by atoms with E-state index in [-0.39, 0.29) is 72.8 Å². The standard InChI is InChI=1S/2C23H30N4O4.C23H28N4O4/c3*1-16-12-25(14-17-8-6-5-7-9-17)20(28)19-18-15-24(22(30)31-23(2,3)4)10-11-26(18)21(29)27(19)13-16/h2*5-9,16H,10-15H2,1-4H3;5-9H,1,10-15H2,2-4H3. The van der Waals surface area contributed by atoms with E-state index in [0.29, 0.717) is 126 Å². The zero-order chi connectivity index (χ0) is 67.0. The van der Waals surface area contributed by atoms with E-state index in [1.807, 2.05) is 163 Å². The highest BCUT2D eigenvalue weighted by Crippen LogP contribution is 2.29. The maximum atomic E-state index is 13.6. The minimum atomic E-state index is -0.619. The number of carbonyl (C=O) groups is 6. The molecule has 0 aliphatic carbocycles. The molecule has 0 radical (unpaired) electrons. The molecule has 24 nitrogen and oxygen atoms in total. The molecule has 3 aromatic heterocycles. The molecule has 496 valence electrons. The van der Waals surface area contributed by atoms with Crippen molar-refractivity contribution in [2.45, 2.75) is 172 Å². The summed E-state index contributed by atoms with van der Waals surface area (Å²) in [5, 5.41) is 0. The minimum Gasteiger partial charge on any atom is -0.444 e. The first-order valence-corrected chi connectivity index (χ1v) is 32.0. The number of ether oxygens (including phenoxy) is 3. The fraction of sp³-hybridized carbons (Fsp3) is 0.493. The van der Waals surface area contributed by atoms with Crippen molar-refractivity contribution < 1.29 is 43.0 Å². The van der Waals surface area contributed by atoms with Crippen LogP contribution in [-0.4, -0.2) is 149 Å². The first kappa shape index (κ1) is 66.6. The van der Waals surface area contributed by atoms with Gasteiger partial charge in [0.25, 0.3) is 17.7 Å². The Hall–Kier alpha value is -9.35. The van der Waals surface area contributed by atoms with Gasteiger partial charge < -0.3 is 43.6 Å². The van der Waals surface area contributed by atoms with Crippen molar-refractivity contribution in [2.24, 2.45) is 11.8 Å². The molecule has 0 spiro atoms. The minimum absolute atomic E-state index is 0.137. The Balaban J connectivity index is 0.000000153. The predicted octanol–water partition coefficient (Wildman–Crippen LogP) is 8.00. The van der Waals surface area contributed by atoms with E-state index < -0.39 is 35.1 Å². The van der Waals surface area contributed by atoms with E-state index in [2.05, 4.69) is 20.4 Å². The molecule has 9 heterocycles. The molecule has 0 saturated heterocycles. The molecule has 2 atom stereocenters. The predicted molar refractivity (Wildman–Crippen MR) is 347 cm³/mol. The second-order valence-electron chi connectivity index (χ2n) is 28.2. The molecular weight excluding hydrogens is 1190 g/mol. The normalized spacial score (nSPS) is 18.2. The third-order valence-corrected chi connectivity index (χ3v) is 16.7. The fourth-order valence-corrected chi connectivity index (χ4v) is 12.7. The molecule has 6 aliphatic heterocycles. The van der Waals surface area contributed by atoms with Crippen LogP contribution in [0.4, 0.5) is 14.4 Å². The summed E-state index contributed by atoms with van der Waals surface area (Å²) in [5.41, 5.74) is 4.36. The molecule has 12 rings (SSSR count). The van der Waals surface area contributed by atoms with Gasteiger partial charge in [0.1, 0.15) is 33.9 Å². The van der Waals surface area contributed by atoms with Gasteiger partial charge in [0, 0.05) is 91.6 Å². The number of imidazole rings is 3. The number of aromatic nitrogens is 6. The number of hydrogen-bond acceptors (Lipinski definition) is 12. The third kappa shape index (κ3) is 15.1. The highest BCUT2D eigenvalue weighted by Gasteiger charge is 2.41. The average Bonchev–Trinajstić information content (AvgIpc) is 1.62. The van der Waals surface area contributed by atoms with Crippen LogP contribution in [0.2, 0.25) is 0 Å². The lowest BCUT2D eigenvalue weighted by Gasteiger charge is -2.31. The van der Waals surface area contributed by atoms with Crippen molar-refractivity contribution in [3.63, 3.8) is 0 Å². The molecule has 24 heteroatoms. The zero-order valence-electron chi connectivity index (χ0n) is 55.5. The fourth-order valence-electron chi connectivity index (χ4n) is 12.7. The molecular formula is C69H88N12O12. The molecule has 0 bridgehead atoms. The molecule has 0 fully saturated rings. The highest BCUT2D eigenvalue weighted by molar-refractivity contribution is 5.96. The second-order valence-corrected chi connectivity index (χ2v) is 28.2. The van der Waals surface area contributed by atoms with Crippen molar-refractivity contribution in [3.05, 3.63) is 185 Å². The average molecular weight is 1280 g/mol. The molecule has 0 saturated carbocycles. The lowest BCUT2D eigenvalue weighted by molar-refractivity contribution is 0.0187. The number of nitrogens with zero attached hydrogens (tertiary/aromatic N) is 12. The van der Waals surface area contributed by atoms with Gasteiger partial charge in [-0.1, -0.05) is 111 Å². The quantitative estimate of drug-likeness (QED) is 0.114. The summed E-state index contributed by atoms with van der Waals surface area (Å²) in [4.78, 5) is 128. The second kappa shape index (κ2) is 26.7. The van der Waals surface area contributed by atoms with Crippen LogP contribution < -0.4 is 17.1 Å². The number of amides is 6. The van der Waals surface area contributed by atoms with Crippen LogP contribution in [0.25, 0.3) is 0 Å². The van der Waals surface area contributed by atoms with Crippen LogP contribution in [-0.2, 0) is 92.7 Å². The lowest BCUT2D eigenvalue weighted by atomic mass is 10.1. The summed E-state index contributed by atoms with van der Waals surface area (Å²) in [6.07, 6.45) is -1.30. The largest absolute Gasteiger partial charge is 0.444 e. The van der Waals surface area contributed by atoms with Gasteiger partial charge in [0.05, 0.1) is 43.3 Å². The SMILES string of the molecule is C=C1CN(Cc2ccccc2)C(=O)c2c3n(c(=O)n2C1)CCN(C(=O)OC(C)(C)C)C3.CC1CN(Cc2ccccc2)C(=O)c2c3n(c(=O)n2C1)CCN(C(=O)OC(C)(C)C)C3.CC1CN(Cc2ccccc2)C(=O)c2c3n(c(=O)n2C1)CCN(C(=O)OC(C)(C)C)C3. The Labute approximate surface area is 541 Å². The van der Waals surface area contributed by atoms with Crippen LogP contribution in [0.3, 0.4) is 0 Å². The van der Waals surface area contributed by atoms with Crippen molar-refractivity contribution in [3.8, 4) is 0 Å². The van der Waals surface area contributed by atoms with Crippen LogP contribution >= 0.6 is 0 Å². The molecule has 93 heavy (non-hydrogen) atoms. The van der Waals surface area contributed by atoms with Crippen LogP contribution in [0.5, 0.6) is 0 Å². The van der Waals surface area contributed by atoms with E-state index >= 15 is 0 Å². The van der Waals surface area contributed by atoms with E-state index in [0.717, 1.165) is 22.3 Å². The third-order valence-electron chi connectivity index (χ3n) is 16.7. The molecule has 0 N–H and O–H groups in total. The monoisotopic (exact) mass is 1280 g/mol. The van der Waals surface area contributed by atoms with Gasteiger partial charge in [0.15, 0.2) is 0 Å². The summed E-state index contributed by atoms with van der Waals surface area (Å²) in [5.74, 6) is -0.273. The Bertz CT molecular complexity index is 3830. The molecule has 6 aliphatic rings. The van der Waals surface area contributed by atoms with E-state index in [1.54, 1.807) is 42.4 Å². The Morgan fingerprint density at radius 2 is 0.677 bits per heavy atom. The van der Waals surface area contributed by atoms with Crippen molar-refractivity contribution in [1.29, 1.82) is 0 Å². The highest BCUT2D eigenvalue weighted by atomic mass is 16.6. The van der Waals surface area contributed by atoms with Crippen molar-refractivity contribution >= 4 is 36.0 Å². The van der Waals surface area contributed by atoms with Gasteiger partial charge in [-0.3, -0.25) is 41.8 Å². The van der Waals surface area contributed by atoms with E-state index in [4.69, 9.17) is 14.2 Å². The summed E-state index contributed by atoms with van der Waals surface area (Å²) in [6.45, 7) is 31.4. The summed E-state index contributed by atoms with van der Waals surface area (Å²) in [6, 6.07) is 29.4.